The predicted octanol–water partition coefficient (Wildman–Crippen LogP) is 4.16. The lowest BCUT2D eigenvalue weighted by atomic mass is 10.2. The minimum atomic E-state index is 0.110. The van der Waals surface area contributed by atoms with Crippen molar-refractivity contribution in [3.05, 3.63) is 22.7 Å². The van der Waals surface area contributed by atoms with E-state index in [0.29, 0.717) is 53.1 Å². The van der Waals surface area contributed by atoms with E-state index >= 15 is 0 Å². The smallest absolute Gasteiger partial charge is 0.228 e. The Morgan fingerprint density at radius 2 is 2.15 bits per heavy atom. The van der Waals surface area contributed by atoms with E-state index in [9.17, 15) is 4.79 Å². The molecule has 2 heterocycles. The molecule has 26 heavy (non-hydrogen) atoms. The van der Waals surface area contributed by atoms with Crippen molar-refractivity contribution in [1.29, 1.82) is 0 Å². The Balaban J connectivity index is 1.45. The van der Waals surface area contributed by atoms with Gasteiger partial charge in [-0.05, 0) is 30.5 Å². The van der Waals surface area contributed by atoms with E-state index in [1.165, 1.54) is 11.3 Å². The summed E-state index contributed by atoms with van der Waals surface area (Å²) in [5.74, 6) is 2.10. The molecule has 0 unspecified atom stereocenters. The van der Waals surface area contributed by atoms with Crippen LogP contribution in [0.25, 0.3) is 0 Å². The number of thioether (sulfide) groups is 1. The topological polar surface area (TPSA) is 64.6 Å². The second kappa shape index (κ2) is 7.62. The van der Waals surface area contributed by atoms with E-state index in [1.54, 1.807) is 11.8 Å². The fourth-order valence-electron chi connectivity index (χ4n) is 2.72. The molecule has 2 aromatic rings. The maximum atomic E-state index is 12.2. The predicted molar refractivity (Wildman–Crippen MR) is 103 cm³/mol. The van der Waals surface area contributed by atoms with Crippen molar-refractivity contribution in [3.8, 4) is 11.5 Å². The Labute approximate surface area is 164 Å². The molecular weight excluding hydrogens is 394 g/mol. The zero-order chi connectivity index (χ0) is 18.1. The van der Waals surface area contributed by atoms with Crippen molar-refractivity contribution in [2.24, 2.45) is 0 Å². The molecule has 1 aromatic carbocycles. The summed E-state index contributed by atoms with van der Waals surface area (Å²) in [6, 6.07) is 4.14. The lowest BCUT2D eigenvalue weighted by Gasteiger charge is -2.20. The van der Waals surface area contributed by atoms with E-state index in [1.807, 2.05) is 24.0 Å². The molecule has 6 nitrogen and oxygen atoms in total. The quantitative estimate of drug-likeness (QED) is 0.525. The van der Waals surface area contributed by atoms with Gasteiger partial charge in [-0.25, -0.2) is 0 Å². The molecule has 1 aliphatic carbocycles. The van der Waals surface area contributed by atoms with Crippen molar-refractivity contribution >= 4 is 45.7 Å². The van der Waals surface area contributed by atoms with Crippen LogP contribution in [-0.2, 0) is 10.5 Å². The number of benzene rings is 1. The van der Waals surface area contributed by atoms with Gasteiger partial charge < -0.3 is 9.47 Å². The average Bonchev–Trinajstić information content (AvgIpc) is 3.37. The van der Waals surface area contributed by atoms with Crippen LogP contribution in [0.4, 0.5) is 5.13 Å². The normalized spacial score (nSPS) is 15.8. The monoisotopic (exact) mass is 411 g/mol. The Kier molecular flexibility index (Phi) is 5.24. The SMILES string of the molecule is CCC(=O)N(c1nnc(SCc2cc(Cl)c3c(c2)OCCO3)s1)C1CC1. The zero-order valence-electron chi connectivity index (χ0n) is 14.2. The number of carbonyl (C=O) groups excluding carboxylic acids is 1. The molecule has 0 saturated heterocycles. The maximum Gasteiger partial charge on any atom is 0.228 e. The molecule has 4 rings (SSSR count). The van der Waals surface area contributed by atoms with Crippen LogP contribution in [0.15, 0.2) is 16.5 Å². The van der Waals surface area contributed by atoms with Gasteiger partial charge in [0, 0.05) is 18.2 Å². The van der Waals surface area contributed by atoms with Gasteiger partial charge in [-0.3, -0.25) is 9.69 Å². The number of amides is 1. The van der Waals surface area contributed by atoms with Crippen LogP contribution in [0.2, 0.25) is 5.02 Å². The van der Waals surface area contributed by atoms with E-state index in [-0.39, 0.29) is 5.91 Å². The summed E-state index contributed by atoms with van der Waals surface area (Å²) in [7, 11) is 0. The molecule has 0 N–H and O–H groups in total. The summed E-state index contributed by atoms with van der Waals surface area (Å²) >= 11 is 9.32. The van der Waals surface area contributed by atoms with Crippen LogP contribution < -0.4 is 14.4 Å². The van der Waals surface area contributed by atoms with Gasteiger partial charge in [0.15, 0.2) is 15.8 Å². The highest BCUT2D eigenvalue weighted by atomic mass is 35.5. The van der Waals surface area contributed by atoms with Crippen LogP contribution in [0.5, 0.6) is 11.5 Å². The summed E-state index contributed by atoms with van der Waals surface area (Å²) in [6.07, 6.45) is 2.57. The summed E-state index contributed by atoms with van der Waals surface area (Å²) in [5.41, 5.74) is 1.03. The number of ether oxygens (including phenoxy) is 2. The molecule has 1 fully saturated rings. The molecule has 0 radical (unpaired) electrons. The van der Waals surface area contributed by atoms with Crippen molar-refractivity contribution in [2.45, 2.75) is 42.3 Å². The van der Waals surface area contributed by atoms with Crippen molar-refractivity contribution in [3.63, 3.8) is 0 Å². The fourth-order valence-corrected chi connectivity index (χ4v) is 4.87. The third kappa shape index (κ3) is 3.77. The molecule has 0 atom stereocenters. The number of hydrogen-bond donors (Lipinski definition) is 0. The molecule has 1 saturated carbocycles. The van der Waals surface area contributed by atoms with Gasteiger partial charge in [-0.1, -0.05) is 41.6 Å². The van der Waals surface area contributed by atoms with Crippen molar-refractivity contribution in [1.82, 2.24) is 10.2 Å². The first-order valence-corrected chi connectivity index (χ1v) is 10.7. The maximum absolute atomic E-state index is 12.2. The zero-order valence-corrected chi connectivity index (χ0v) is 16.6. The van der Waals surface area contributed by atoms with Crippen LogP contribution in [0, 0.1) is 0 Å². The second-order valence-corrected chi connectivity index (χ2v) is 8.68. The molecular formula is C17H18ClN3O3S2. The summed E-state index contributed by atoms with van der Waals surface area (Å²) in [4.78, 5) is 14.0. The number of fused-ring (bicyclic) bond motifs is 1. The van der Waals surface area contributed by atoms with Gasteiger partial charge >= 0.3 is 0 Å². The number of nitrogens with zero attached hydrogens (tertiary/aromatic N) is 3. The van der Waals surface area contributed by atoms with Gasteiger partial charge in [-0.2, -0.15) is 0 Å². The third-order valence-electron chi connectivity index (χ3n) is 4.10. The molecule has 2 aliphatic rings. The van der Waals surface area contributed by atoms with Crippen LogP contribution in [-0.4, -0.2) is 35.4 Å². The number of halogens is 1. The lowest BCUT2D eigenvalue weighted by Crippen LogP contribution is -2.32. The molecule has 138 valence electrons. The molecule has 1 aliphatic heterocycles. The molecule has 1 aromatic heterocycles. The third-order valence-corrected chi connectivity index (χ3v) is 6.51. The van der Waals surface area contributed by atoms with Gasteiger partial charge in [0.1, 0.15) is 13.2 Å². The van der Waals surface area contributed by atoms with Gasteiger partial charge in [0.2, 0.25) is 11.0 Å². The average molecular weight is 412 g/mol. The van der Waals surface area contributed by atoms with Crippen LogP contribution >= 0.6 is 34.7 Å². The molecule has 9 heteroatoms. The largest absolute Gasteiger partial charge is 0.486 e. The van der Waals surface area contributed by atoms with Crippen LogP contribution in [0.1, 0.15) is 31.7 Å². The van der Waals surface area contributed by atoms with Crippen molar-refractivity contribution < 1.29 is 14.3 Å². The molecule has 0 spiro atoms. The minimum Gasteiger partial charge on any atom is -0.486 e. The minimum absolute atomic E-state index is 0.110. The Morgan fingerprint density at radius 1 is 1.35 bits per heavy atom. The Morgan fingerprint density at radius 3 is 2.92 bits per heavy atom. The number of carbonyl (C=O) groups is 1. The summed E-state index contributed by atoms with van der Waals surface area (Å²) < 4.78 is 12.0. The number of aromatic nitrogens is 2. The van der Waals surface area contributed by atoms with Gasteiger partial charge in [-0.15, -0.1) is 10.2 Å². The Bertz CT molecular complexity index is 826. The summed E-state index contributed by atoms with van der Waals surface area (Å²) in [5, 5.41) is 9.72. The highest BCUT2D eigenvalue weighted by Gasteiger charge is 2.35. The fraction of sp³-hybridized carbons (Fsp3) is 0.471. The van der Waals surface area contributed by atoms with Gasteiger partial charge in [0.25, 0.3) is 0 Å². The Hall–Kier alpha value is -1.51. The standard InChI is InChI=1S/C17H18ClN3O3S2/c1-2-14(22)21(11-3-4-11)16-19-20-17(26-16)25-9-10-7-12(18)15-13(8-10)23-5-6-24-15/h7-8,11H,2-6,9H2,1H3. The van der Waals surface area contributed by atoms with E-state index in [4.69, 9.17) is 21.1 Å². The highest BCUT2D eigenvalue weighted by Crippen LogP contribution is 2.41. The molecule has 1 amide bonds. The van der Waals surface area contributed by atoms with E-state index in [0.717, 1.165) is 22.7 Å². The highest BCUT2D eigenvalue weighted by molar-refractivity contribution is 8.00. The first-order valence-electron chi connectivity index (χ1n) is 8.52. The first-order chi connectivity index (χ1) is 12.7. The second-order valence-electron chi connectivity index (χ2n) is 6.09. The first kappa shape index (κ1) is 17.9. The molecule has 0 bridgehead atoms. The van der Waals surface area contributed by atoms with E-state index < -0.39 is 0 Å². The van der Waals surface area contributed by atoms with Crippen molar-refractivity contribution in [2.75, 3.05) is 18.1 Å². The van der Waals surface area contributed by atoms with Crippen LogP contribution in [0.3, 0.4) is 0 Å². The lowest BCUT2D eigenvalue weighted by molar-refractivity contribution is -0.118. The summed E-state index contributed by atoms with van der Waals surface area (Å²) in [6.45, 7) is 2.92. The van der Waals surface area contributed by atoms with Gasteiger partial charge in [0.05, 0.1) is 5.02 Å². The number of hydrogen-bond acceptors (Lipinski definition) is 7. The van der Waals surface area contributed by atoms with E-state index in [2.05, 4.69) is 10.2 Å². The number of anilines is 1. The number of rotatable bonds is 6.